The average molecular weight is 362 g/mol. The van der Waals surface area contributed by atoms with Crippen LogP contribution in [0.25, 0.3) is 0 Å². The fourth-order valence-corrected chi connectivity index (χ4v) is 2.22. The van der Waals surface area contributed by atoms with Crippen LogP contribution < -0.4 is 0 Å². The van der Waals surface area contributed by atoms with Crippen LogP contribution in [0.2, 0.25) is 5.02 Å². The number of thioether (sulfide) groups is 1. The Morgan fingerprint density at radius 3 is 2.45 bits per heavy atom. The number of benzene rings is 1. The van der Waals surface area contributed by atoms with Gasteiger partial charge in [0.1, 0.15) is 5.04 Å². The highest BCUT2D eigenvalue weighted by Crippen LogP contribution is 2.21. The molecule has 0 fully saturated rings. The van der Waals surface area contributed by atoms with E-state index in [1.807, 2.05) is 6.26 Å². The lowest BCUT2D eigenvalue weighted by molar-refractivity contribution is 0.0888. The number of carbonyl (C=O) groups is 2. The summed E-state index contributed by atoms with van der Waals surface area (Å²) in [5.41, 5.74) is 0.359. The summed E-state index contributed by atoms with van der Waals surface area (Å²) in [5, 5.41) is 4.61. The van der Waals surface area contributed by atoms with Gasteiger partial charge in [0.2, 0.25) is 0 Å². The highest BCUT2D eigenvalue weighted by Gasteiger charge is 2.20. The van der Waals surface area contributed by atoms with Crippen molar-refractivity contribution >= 4 is 52.5 Å². The zero-order chi connectivity index (χ0) is 16.7. The molecule has 0 N–H and O–H groups in total. The molecule has 0 radical (unpaired) electrons. The summed E-state index contributed by atoms with van der Waals surface area (Å²) in [4.78, 5) is 28.7. The molecule has 0 saturated heterocycles. The minimum Gasteiger partial charge on any atom is -0.296 e. The van der Waals surface area contributed by atoms with E-state index in [4.69, 9.17) is 16.4 Å². The molecule has 1 rings (SSSR count). The van der Waals surface area contributed by atoms with Gasteiger partial charge in [0, 0.05) is 14.1 Å². The van der Waals surface area contributed by atoms with Crippen molar-refractivity contribution in [3.8, 4) is 0 Å². The highest BCUT2D eigenvalue weighted by atomic mass is 35.5. The molecule has 1 aromatic rings. The second kappa shape index (κ2) is 8.92. The molecule has 0 aliphatic carbocycles. The Morgan fingerprint density at radius 2 is 1.86 bits per heavy atom. The van der Waals surface area contributed by atoms with Crippen LogP contribution in [0.3, 0.4) is 0 Å². The number of rotatable bonds is 4. The summed E-state index contributed by atoms with van der Waals surface area (Å²) in [5.74, 6) is -0.320. The van der Waals surface area contributed by atoms with Crippen LogP contribution in [0.15, 0.2) is 29.4 Å². The first-order valence-electron chi connectivity index (χ1n) is 6.10. The largest absolute Gasteiger partial charge is 0.447 e. The van der Waals surface area contributed by atoms with Gasteiger partial charge in [-0.1, -0.05) is 28.9 Å². The Hall–Kier alpha value is -1.38. The molecule has 0 unspecified atom stereocenters. The van der Waals surface area contributed by atoms with Crippen molar-refractivity contribution in [1.29, 1.82) is 0 Å². The molecular formula is C13H16ClN3O3S2. The fraction of sp³-hybridized carbons (Fsp3) is 0.308. The number of amides is 2. The summed E-state index contributed by atoms with van der Waals surface area (Å²) in [6, 6.07) is 6.70. The zero-order valence-corrected chi connectivity index (χ0v) is 15.0. The standard InChI is InChI=1S/C13H16ClN3O3S2/c1-9(21-4)15-20-13(19)17(3)22-16(2)12(18)10-7-5-6-8-11(10)14/h5-8H,1-4H3/b15-9-. The number of oxime groups is 1. The van der Waals surface area contributed by atoms with Crippen LogP contribution in [-0.4, -0.2) is 46.0 Å². The molecule has 1 aromatic carbocycles. The van der Waals surface area contributed by atoms with E-state index in [9.17, 15) is 9.59 Å². The molecule has 22 heavy (non-hydrogen) atoms. The van der Waals surface area contributed by atoms with Crippen molar-refractivity contribution in [2.75, 3.05) is 20.4 Å². The predicted octanol–water partition coefficient (Wildman–Crippen LogP) is 3.74. The molecule has 0 saturated carbocycles. The molecule has 0 spiro atoms. The Balaban J connectivity index is 2.64. The molecule has 0 atom stereocenters. The first-order valence-corrected chi connectivity index (χ1v) is 8.44. The van der Waals surface area contributed by atoms with Crippen LogP contribution in [-0.2, 0) is 4.84 Å². The second-order valence-electron chi connectivity index (χ2n) is 4.03. The number of nitrogens with zero attached hydrogens (tertiary/aromatic N) is 3. The van der Waals surface area contributed by atoms with Crippen LogP contribution in [0, 0.1) is 0 Å². The Bertz CT molecular complexity index is 583. The van der Waals surface area contributed by atoms with Gasteiger partial charge in [-0.15, -0.1) is 11.8 Å². The van der Waals surface area contributed by atoms with Gasteiger partial charge in [0.05, 0.1) is 22.7 Å². The van der Waals surface area contributed by atoms with Gasteiger partial charge in [0.25, 0.3) is 5.91 Å². The van der Waals surface area contributed by atoms with Gasteiger partial charge >= 0.3 is 6.09 Å². The van der Waals surface area contributed by atoms with E-state index in [1.165, 1.54) is 30.2 Å². The molecule has 120 valence electrons. The smallest absolute Gasteiger partial charge is 0.296 e. The van der Waals surface area contributed by atoms with Gasteiger partial charge in [0.15, 0.2) is 0 Å². The average Bonchev–Trinajstić information content (AvgIpc) is 2.51. The van der Waals surface area contributed by atoms with Crippen LogP contribution in [0.1, 0.15) is 17.3 Å². The molecule has 0 heterocycles. The maximum atomic E-state index is 12.2. The van der Waals surface area contributed by atoms with E-state index in [1.54, 1.807) is 31.2 Å². The van der Waals surface area contributed by atoms with Gasteiger partial charge in [-0.25, -0.2) is 9.10 Å². The zero-order valence-electron chi connectivity index (χ0n) is 12.6. The van der Waals surface area contributed by atoms with Crippen molar-refractivity contribution in [3.05, 3.63) is 34.9 Å². The molecule has 6 nitrogen and oxygen atoms in total. The number of halogens is 1. The van der Waals surface area contributed by atoms with E-state index in [0.29, 0.717) is 15.6 Å². The topological polar surface area (TPSA) is 62.2 Å². The monoisotopic (exact) mass is 361 g/mol. The first kappa shape index (κ1) is 18.7. The highest BCUT2D eigenvalue weighted by molar-refractivity contribution is 8.13. The lowest BCUT2D eigenvalue weighted by Crippen LogP contribution is -2.29. The quantitative estimate of drug-likeness (QED) is 0.269. The number of hydrogen-bond acceptors (Lipinski definition) is 6. The van der Waals surface area contributed by atoms with Crippen molar-refractivity contribution in [2.24, 2.45) is 5.16 Å². The summed E-state index contributed by atoms with van der Waals surface area (Å²) in [7, 11) is 3.02. The molecular weight excluding hydrogens is 346 g/mol. The summed E-state index contributed by atoms with van der Waals surface area (Å²) < 4.78 is 2.44. The van der Waals surface area contributed by atoms with Crippen LogP contribution in [0.4, 0.5) is 4.79 Å². The molecule has 9 heteroatoms. The van der Waals surface area contributed by atoms with Crippen molar-refractivity contribution < 1.29 is 14.4 Å². The molecule has 0 aromatic heterocycles. The minimum atomic E-state index is -0.683. The van der Waals surface area contributed by atoms with Gasteiger partial charge in [-0.05, 0) is 25.3 Å². The normalized spacial score (nSPS) is 11.0. The molecule has 2 amide bonds. The van der Waals surface area contributed by atoms with Crippen molar-refractivity contribution in [2.45, 2.75) is 6.92 Å². The first-order chi connectivity index (χ1) is 10.4. The number of hydrogen-bond donors (Lipinski definition) is 0. The third kappa shape index (κ3) is 5.43. The van der Waals surface area contributed by atoms with Gasteiger partial charge in [-0.2, -0.15) is 0 Å². The third-order valence-electron chi connectivity index (χ3n) is 2.44. The van der Waals surface area contributed by atoms with Crippen LogP contribution in [0.5, 0.6) is 0 Å². The summed E-state index contributed by atoms with van der Waals surface area (Å²) in [6.45, 7) is 1.72. The second-order valence-corrected chi connectivity index (χ2v) is 6.70. The lowest BCUT2D eigenvalue weighted by Gasteiger charge is -2.21. The molecule has 0 aliphatic rings. The maximum absolute atomic E-state index is 12.2. The lowest BCUT2D eigenvalue weighted by atomic mass is 10.2. The van der Waals surface area contributed by atoms with E-state index >= 15 is 0 Å². The van der Waals surface area contributed by atoms with Crippen LogP contribution >= 0.6 is 35.5 Å². The van der Waals surface area contributed by atoms with E-state index in [2.05, 4.69) is 5.16 Å². The summed E-state index contributed by atoms with van der Waals surface area (Å²) >= 11 is 8.23. The van der Waals surface area contributed by atoms with Crippen molar-refractivity contribution in [3.63, 3.8) is 0 Å². The molecule has 0 aliphatic heterocycles. The van der Waals surface area contributed by atoms with Crippen molar-refractivity contribution in [1.82, 2.24) is 8.61 Å². The maximum Gasteiger partial charge on any atom is 0.447 e. The summed E-state index contributed by atoms with van der Waals surface area (Å²) in [6.07, 6.45) is 1.14. The SMILES string of the molecule is CS/C(C)=N\OC(=O)N(C)SN(C)C(=O)c1ccccc1Cl. The Kier molecular flexibility index (Phi) is 7.57. The Morgan fingerprint density at radius 1 is 1.23 bits per heavy atom. The van der Waals surface area contributed by atoms with E-state index in [-0.39, 0.29) is 5.91 Å². The van der Waals surface area contributed by atoms with Gasteiger partial charge in [-0.3, -0.25) is 13.9 Å². The minimum absolute atomic E-state index is 0.320. The third-order valence-corrected chi connectivity index (χ3v) is 4.24. The molecule has 0 bridgehead atoms. The van der Waals surface area contributed by atoms with E-state index in [0.717, 1.165) is 16.4 Å². The Labute approximate surface area is 143 Å². The van der Waals surface area contributed by atoms with E-state index < -0.39 is 6.09 Å². The number of carbonyl (C=O) groups excluding carboxylic acids is 2. The van der Waals surface area contributed by atoms with Gasteiger partial charge < -0.3 is 0 Å². The fourth-order valence-electron chi connectivity index (χ4n) is 1.26. The predicted molar refractivity (Wildman–Crippen MR) is 92.0 cm³/mol.